The van der Waals surface area contributed by atoms with E-state index < -0.39 is 29.6 Å². The van der Waals surface area contributed by atoms with Crippen molar-refractivity contribution in [3.05, 3.63) is 63.6 Å². The summed E-state index contributed by atoms with van der Waals surface area (Å²) in [4.78, 5) is 12.2. The van der Waals surface area contributed by atoms with Gasteiger partial charge >= 0.3 is 12.5 Å². The lowest BCUT2D eigenvalue weighted by atomic mass is 10.0. The summed E-state index contributed by atoms with van der Waals surface area (Å²) < 4.78 is 78.1. The van der Waals surface area contributed by atoms with Crippen molar-refractivity contribution in [1.29, 1.82) is 0 Å². The minimum Gasteiger partial charge on any atom is -0.406 e. The number of benzene rings is 2. The minimum atomic E-state index is -4.88. The number of ether oxygens (including phenoxy) is 1. The molecule has 0 N–H and O–H groups in total. The zero-order valence-corrected chi connectivity index (χ0v) is 13.1. The standard InChI is InChI=1S/C15H7BrF6O2/c16-12-6-3-9(7-11(12)14(17,18)19)13(23)8-1-4-10(5-2-8)24-15(20,21)22/h1-7H. The van der Waals surface area contributed by atoms with Gasteiger partial charge in [0.2, 0.25) is 0 Å². The molecule has 0 saturated carbocycles. The average molecular weight is 413 g/mol. The number of carbonyl (C=O) groups is 1. The summed E-state index contributed by atoms with van der Waals surface area (Å²) in [6.45, 7) is 0. The molecule has 0 aliphatic carbocycles. The zero-order valence-electron chi connectivity index (χ0n) is 11.5. The van der Waals surface area contributed by atoms with Crippen molar-refractivity contribution in [2.75, 3.05) is 0 Å². The summed E-state index contributed by atoms with van der Waals surface area (Å²) in [7, 11) is 0. The third-order valence-electron chi connectivity index (χ3n) is 2.88. The van der Waals surface area contributed by atoms with Crippen molar-refractivity contribution in [3.63, 3.8) is 0 Å². The molecule has 2 rings (SSSR count). The number of carbonyl (C=O) groups excluding carboxylic acids is 1. The lowest BCUT2D eigenvalue weighted by Crippen LogP contribution is -2.17. The summed E-state index contributed by atoms with van der Waals surface area (Å²) >= 11 is 2.75. The number of hydrogen-bond donors (Lipinski definition) is 0. The van der Waals surface area contributed by atoms with Gasteiger partial charge in [-0.25, -0.2) is 0 Å². The number of hydrogen-bond acceptors (Lipinski definition) is 2. The minimum absolute atomic E-state index is 0.0695. The lowest BCUT2D eigenvalue weighted by molar-refractivity contribution is -0.274. The normalized spacial score (nSPS) is 12.1. The fourth-order valence-corrected chi connectivity index (χ4v) is 2.33. The van der Waals surface area contributed by atoms with Crippen molar-refractivity contribution in [2.24, 2.45) is 0 Å². The molecule has 0 heterocycles. The molecule has 0 aliphatic rings. The molecule has 0 aliphatic heterocycles. The SMILES string of the molecule is O=C(c1ccc(OC(F)(F)F)cc1)c1ccc(Br)c(C(F)(F)F)c1. The first kappa shape index (κ1) is 18.3. The molecule has 0 aromatic heterocycles. The van der Waals surface area contributed by atoms with Crippen LogP contribution in [0, 0.1) is 0 Å². The first-order valence-electron chi connectivity index (χ1n) is 6.24. The molecule has 0 fully saturated rings. The van der Waals surface area contributed by atoms with Crippen molar-refractivity contribution < 1.29 is 35.9 Å². The van der Waals surface area contributed by atoms with Gasteiger partial charge in [-0.2, -0.15) is 13.2 Å². The maximum atomic E-state index is 12.8. The number of halogens is 7. The van der Waals surface area contributed by atoms with Crippen LogP contribution >= 0.6 is 15.9 Å². The van der Waals surface area contributed by atoms with Gasteiger partial charge in [-0.15, -0.1) is 13.2 Å². The third-order valence-corrected chi connectivity index (χ3v) is 3.58. The van der Waals surface area contributed by atoms with Gasteiger partial charge in [0.15, 0.2) is 5.78 Å². The van der Waals surface area contributed by atoms with E-state index in [1.165, 1.54) is 6.07 Å². The van der Waals surface area contributed by atoms with Gasteiger partial charge in [0.25, 0.3) is 0 Å². The highest BCUT2D eigenvalue weighted by molar-refractivity contribution is 9.10. The van der Waals surface area contributed by atoms with E-state index in [-0.39, 0.29) is 15.6 Å². The third kappa shape index (κ3) is 4.50. The quantitative estimate of drug-likeness (QED) is 0.484. The Labute approximate surface area is 140 Å². The van der Waals surface area contributed by atoms with Crippen LogP contribution in [0.15, 0.2) is 46.9 Å². The first-order chi connectivity index (χ1) is 11.0. The molecule has 9 heteroatoms. The Hall–Kier alpha value is -2.03. The van der Waals surface area contributed by atoms with Crippen LogP contribution in [0.4, 0.5) is 26.3 Å². The summed E-state index contributed by atoms with van der Waals surface area (Å²) in [6.07, 6.45) is -9.53. The predicted molar refractivity (Wildman–Crippen MR) is 75.7 cm³/mol. The molecule has 2 nitrogen and oxygen atoms in total. The van der Waals surface area contributed by atoms with Gasteiger partial charge in [0.1, 0.15) is 5.75 Å². The van der Waals surface area contributed by atoms with Crippen molar-refractivity contribution >= 4 is 21.7 Å². The molecule has 2 aromatic rings. The van der Waals surface area contributed by atoms with E-state index in [9.17, 15) is 31.1 Å². The lowest BCUT2D eigenvalue weighted by Gasteiger charge is -2.11. The Morgan fingerprint density at radius 3 is 1.92 bits per heavy atom. The summed E-state index contributed by atoms with van der Waals surface area (Å²) in [5.74, 6) is -1.29. The topological polar surface area (TPSA) is 26.3 Å². The van der Waals surface area contributed by atoms with E-state index in [0.29, 0.717) is 6.07 Å². The van der Waals surface area contributed by atoms with Gasteiger partial charge in [0.05, 0.1) is 5.56 Å². The molecular weight excluding hydrogens is 406 g/mol. The number of ketones is 1. The van der Waals surface area contributed by atoms with Crippen LogP contribution in [0.1, 0.15) is 21.5 Å². The highest BCUT2D eigenvalue weighted by Crippen LogP contribution is 2.35. The molecule has 128 valence electrons. The van der Waals surface area contributed by atoms with Gasteiger partial charge in [0, 0.05) is 15.6 Å². The zero-order chi connectivity index (χ0) is 18.1. The Morgan fingerprint density at radius 2 is 1.42 bits per heavy atom. The second-order valence-electron chi connectivity index (χ2n) is 4.59. The molecule has 0 spiro atoms. The van der Waals surface area contributed by atoms with Crippen LogP contribution in [-0.4, -0.2) is 12.1 Å². The van der Waals surface area contributed by atoms with Gasteiger partial charge in [-0.1, -0.05) is 15.9 Å². The smallest absolute Gasteiger partial charge is 0.406 e. The van der Waals surface area contributed by atoms with Crippen molar-refractivity contribution in [1.82, 2.24) is 0 Å². The molecule has 0 atom stereocenters. The van der Waals surface area contributed by atoms with Gasteiger partial charge in [-0.05, 0) is 42.5 Å². The maximum Gasteiger partial charge on any atom is 0.573 e. The fraction of sp³-hybridized carbons (Fsp3) is 0.133. The monoisotopic (exact) mass is 412 g/mol. The van der Waals surface area contributed by atoms with Gasteiger partial charge in [-0.3, -0.25) is 4.79 Å². The largest absolute Gasteiger partial charge is 0.573 e. The van der Waals surface area contributed by atoms with E-state index in [2.05, 4.69) is 20.7 Å². The molecule has 0 amide bonds. The van der Waals surface area contributed by atoms with E-state index in [1.807, 2.05) is 0 Å². The highest BCUT2D eigenvalue weighted by Gasteiger charge is 2.34. The molecule has 0 saturated heterocycles. The molecule has 0 unspecified atom stereocenters. The van der Waals surface area contributed by atoms with Crippen LogP contribution in [0.3, 0.4) is 0 Å². The molecule has 0 radical (unpaired) electrons. The van der Waals surface area contributed by atoms with Crippen LogP contribution in [0.2, 0.25) is 0 Å². The number of alkyl halides is 6. The fourth-order valence-electron chi connectivity index (χ4n) is 1.86. The summed E-state index contributed by atoms with van der Waals surface area (Å²) in [6, 6.07) is 6.83. The van der Waals surface area contributed by atoms with E-state index >= 15 is 0 Å². The van der Waals surface area contributed by atoms with Crippen LogP contribution in [0.5, 0.6) is 5.75 Å². The second-order valence-corrected chi connectivity index (χ2v) is 5.45. The van der Waals surface area contributed by atoms with Crippen LogP contribution < -0.4 is 4.74 Å². The predicted octanol–water partition coefficient (Wildman–Crippen LogP) is 5.60. The molecule has 0 bridgehead atoms. The van der Waals surface area contributed by atoms with Crippen LogP contribution in [-0.2, 0) is 6.18 Å². The number of rotatable bonds is 3. The van der Waals surface area contributed by atoms with E-state index in [4.69, 9.17) is 0 Å². The maximum absolute atomic E-state index is 12.8. The summed E-state index contributed by atoms with van der Waals surface area (Å²) in [5.41, 5.74) is -1.33. The molecule has 2 aromatic carbocycles. The van der Waals surface area contributed by atoms with E-state index in [0.717, 1.165) is 30.3 Å². The summed E-state index contributed by atoms with van der Waals surface area (Å²) in [5, 5.41) is 0. The average Bonchev–Trinajstić information content (AvgIpc) is 2.45. The molecule has 24 heavy (non-hydrogen) atoms. The Bertz CT molecular complexity index is 750. The first-order valence-corrected chi connectivity index (χ1v) is 7.04. The Balaban J connectivity index is 2.29. The molecular formula is C15H7BrF6O2. The van der Waals surface area contributed by atoms with Gasteiger partial charge < -0.3 is 4.74 Å². The second kappa shape index (κ2) is 6.46. The van der Waals surface area contributed by atoms with Crippen molar-refractivity contribution in [3.8, 4) is 5.75 Å². The van der Waals surface area contributed by atoms with Crippen LogP contribution in [0.25, 0.3) is 0 Å². The highest BCUT2D eigenvalue weighted by atomic mass is 79.9. The van der Waals surface area contributed by atoms with E-state index in [1.54, 1.807) is 0 Å². The Morgan fingerprint density at radius 1 is 0.875 bits per heavy atom. The van der Waals surface area contributed by atoms with Crippen molar-refractivity contribution in [2.45, 2.75) is 12.5 Å². The Kier molecular flexibility index (Phi) is 4.93.